The third-order valence-corrected chi connectivity index (χ3v) is 3.09. The van der Waals surface area contributed by atoms with Crippen LogP contribution in [0.5, 0.6) is 0 Å². The van der Waals surface area contributed by atoms with Gasteiger partial charge in [0.05, 0.1) is 18.4 Å². The van der Waals surface area contributed by atoms with Crippen LogP contribution in [0.4, 0.5) is 5.82 Å². The summed E-state index contributed by atoms with van der Waals surface area (Å²) >= 11 is 0. The number of nitriles is 1. The van der Waals surface area contributed by atoms with Crippen molar-refractivity contribution in [3.8, 4) is 6.07 Å². The molecule has 1 aromatic heterocycles. The van der Waals surface area contributed by atoms with Crippen LogP contribution in [0.3, 0.4) is 0 Å². The van der Waals surface area contributed by atoms with Crippen LogP contribution in [0.2, 0.25) is 0 Å². The number of anilines is 1. The number of nitrogens with zero attached hydrogens (tertiary/aromatic N) is 4. The third-order valence-electron chi connectivity index (χ3n) is 3.09. The van der Waals surface area contributed by atoms with Crippen LogP contribution < -0.4 is 10.2 Å². The molecule has 0 aliphatic carbocycles. The Morgan fingerprint density at radius 1 is 1.61 bits per heavy atom. The lowest BCUT2D eigenvalue weighted by Gasteiger charge is -2.26. The number of nitrogens with one attached hydrogen (secondary N) is 1. The summed E-state index contributed by atoms with van der Waals surface area (Å²) in [6, 6.07) is 4.15. The molecule has 0 radical (unpaired) electrons. The van der Waals surface area contributed by atoms with Gasteiger partial charge in [-0.25, -0.2) is 0 Å². The minimum absolute atomic E-state index is 0.0359. The van der Waals surface area contributed by atoms with Crippen molar-refractivity contribution in [2.45, 2.75) is 18.9 Å². The summed E-state index contributed by atoms with van der Waals surface area (Å²) in [7, 11) is 0. The standard InChI is InChI=1S/C12H17N5O/c13-8-10-3-5-15-16-12(10)17(6-7-18)9-11-2-1-4-14-11/h3,5,11,14,18H,1-2,4,6-7,9H2. The molecule has 0 spiro atoms. The van der Waals surface area contributed by atoms with Gasteiger partial charge in [0.15, 0.2) is 5.82 Å². The zero-order chi connectivity index (χ0) is 12.8. The van der Waals surface area contributed by atoms with Crippen molar-refractivity contribution >= 4 is 5.82 Å². The van der Waals surface area contributed by atoms with Crippen LogP contribution in [0.15, 0.2) is 12.3 Å². The van der Waals surface area contributed by atoms with Gasteiger partial charge in [-0.15, -0.1) is 5.10 Å². The summed E-state index contributed by atoms with van der Waals surface area (Å²) in [5, 5.41) is 29.5. The molecule has 2 heterocycles. The molecule has 0 bridgehead atoms. The summed E-state index contributed by atoms with van der Waals surface area (Å²) in [6.45, 7) is 2.27. The highest BCUT2D eigenvalue weighted by molar-refractivity contribution is 5.52. The number of aromatic nitrogens is 2. The first-order valence-electron chi connectivity index (χ1n) is 6.16. The Balaban J connectivity index is 2.15. The second-order valence-corrected chi connectivity index (χ2v) is 4.34. The third kappa shape index (κ3) is 2.94. The molecule has 0 amide bonds. The van der Waals surface area contributed by atoms with Gasteiger partial charge in [0.2, 0.25) is 0 Å². The molecule has 1 aliphatic heterocycles. The quantitative estimate of drug-likeness (QED) is 0.755. The van der Waals surface area contributed by atoms with E-state index in [9.17, 15) is 0 Å². The fraction of sp³-hybridized carbons (Fsp3) is 0.583. The van der Waals surface area contributed by atoms with E-state index in [-0.39, 0.29) is 6.61 Å². The van der Waals surface area contributed by atoms with Crippen LogP contribution in [0.25, 0.3) is 0 Å². The van der Waals surface area contributed by atoms with Gasteiger partial charge in [0.1, 0.15) is 6.07 Å². The molecule has 0 saturated carbocycles. The van der Waals surface area contributed by atoms with E-state index >= 15 is 0 Å². The van der Waals surface area contributed by atoms with E-state index < -0.39 is 0 Å². The van der Waals surface area contributed by atoms with E-state index in [0.717, 1.165) is 19.5 Å². The average Bonchev–Trinajstić information content (AvgIpc) is 2.91. The predicted molar refractivity (Wildman–Crippen MR) is 67.1 cm³/mol. The summed E-state index contributed by atoms with van der Waals surface area (Å²) in [5.41, 5.74) is 0.497. The summed E-state index contributed by atoms with van der Waals surface area (Å²) < 4.78 is 0. The number of aliphatic hydroxyl groups is 1. The maximum atomic E-state index is 9.14. The first kappa shape index (κ1) is 12.7. The highest BCUT2D eigenvalue weighted by atomic mass is 16.3. The zero-order valence-corrected chi connectivity index (χ0v) is 10.2. The number of hydrogen-bond acceptors (Lipinski definition) is 6. The van der Waals surface area contributed by atoms with Crippen LogP contribution in [0.1, 0.15) is 18.4 Å². The number of rotatable bonds is 5. The Morgan fingerprint density at radius 2 is 2.50 bits per heavy atom. The lowest BCUT2D eigenvalue weighted by molar-refractivity contribution is 0.300. The van der Waals surface area contributed by atoms with Crippen molar-refractivity contribution in [3.05, 3.63) is 17.8 Å². The van der Waals surface area contributed by atoms with E-state index in [1.165, 1.54) is 12.6 Å². The molecular formula is C12H17N5O. The molecule has 1 atom stereocenters. The zero-order valence-electron chi connectivity index (χ0n) is 10.2. The van der Waals surface area contributed by atoms with Crippen molar-refractivity contribution in [1.82, 2.24) is 15.5 Å². The van der Waals surface area contributed by atoms with Crippen LogP contribution in [0, 0.1) is 11.3 Å². The Morgan fingerprint density at radius 3 is 3.17 bits per heavy atom. The SMILES string of the molecule is N#Cc1ccnnc1N(CCO)CC1CCCN1. The molecule has 6 heteroatoms. The van der Waals surface area contributed by atoms with Gasteiger partial charge in [-0.3, -0.25) is 0 Å². The molecule has 96 valence electrons. The van der Waals surface area contributed by atoms with E-state index in [1.54, 1.807) is 6.07 Å². The van der Waals surface area contributed by atoms with E-state index in [1.807, 2.05) is 4.90 Å². The molecule has 2 N–H and O–H groups in total. The minimum atomic E-state index is 0.0359. The summed E-state index contributed by atoms with van der Waals surface area (Å²) in [4.78, 5) is 1.93. The van der Waals surface area contributed by atoms with Gasteiger partial charge in [-0.1, -0.05) is 0 Å². The molecular weight excluding hydrogens is 230 g/mol. The topological polar surface area (TPSA) is 85.1 Å². The fourth-order valence-corrected chi connectivity index (χ4v) is 2.23. The fourth-order valence-electron chi connectivity index (χ4n) is 2.23. The second kappa shape index (κ2) is 6.28. The highest BCUT2D eigenvalue weighted by Gasteiger charge is 2.20. The van der Waals surface area contributed by atoms with Gasteiger partial charge in [0, 0.05) is 19.1 Å². The smallest absolute Gasteiger partial charge is 0.169 e. The highest BCUT2D eigenvalue weighted by Crippen LogP contribution is 2.17. The van der Waals surface area contributed by atoms with E-state index in [4.69, 9.17) is 10.4 Å². The maximum absolute atomic E-state index is 9.14. The minimum Gasteiger partial charge on any atom is -0.395 e. The summed E-state index contributed by atoms with van der Waals surface area (Å²) in [5.74, 6) is 0.558. The Kier molecular flexibility index (Phi) is 4.45. The average molecular weight is 247 g/mol. The van der Waals surface area contributed by atoms with Crippen LogP contribution in [-0.4, -0.2) is 47.6 Å². The lowest BCUT2D eigenvalue weighted by atomic mass is 10.2. The number of aliphatic hydroxyl groups excluding tert-OH is 1. The molecule has 2 rings (SSSR count). The molecule has 1 aromatic rings. The summed E-state index contributed by atoms with van der Waals surface area (Å²) in [6.07, 6.45) is 3.79. The van der Waals surface area contributed by atoms with Crippen molar-refractivity contribution in [1.29, 1.82) is 5.26 Å². The molecule has 1 saturated heterocycles. The molecule has 6 nitrogen and oxygen atoms in total. The predicted octanol–water partition coefficient (Wildman–Crippen LogP) is -0.101. The largest absolute Gasteiger partial charge is 0.395 e. The lowest BCUT2D eigenvalue weighted by Crippen LogP contribution is -2.40. The van der Waals surface area contributed by atoms with Crippen molar-refractivity contribution in [3.63, 3.8) is 0 Å². The molecule has 1 aliphatic rings. The van der Waals surface area contributed by atoms with Gasteiger partial charge in [-0.2, -0.15) is 10.4 Å². The van der Waals surface area contributed by atoms with Gasteiger partial charge < -0.3 is 15.3 Å². The van der Waals surface area contributed by atoms with Gasteiger partial charge in [-0.05, 0) is 25.5 Å². The van der Waals surface area contributed by atoms with Crippen LogP contribution >= 0.6 is 0 Å². The molecule has 1 unspecified atom stereocenters. The van der Waals surface area contributed by atoms with Crippen molar-refractivity contribution < 1.29 is 5.11 Å². The first-order valence-corrected chi connectivity index (χ1v) is 6.16. The van der Waals surface area contributed by atoms with Crippen molar-refractivity contribution in [2.24, 2.45) is 0 Å². The van der Waals surface area contributed by atoms with E-state index in [0.29, 0.717) is 24.0 Å². The molecule has 18 heavy (non-hydrogen) atoms. The number of hydrogen-bond donors (Lipinski definition) is 2. The van der Waals surface area contributed by atoms with Gasteiger partial charge >= 0.3 is 0 Å². The Bertz CT molecular complexity index is 425. The monoisotopic (exact) mass is 247 g/mol. The Hall–Kier alpha value is -1.71. The first-order chi connectivity index (χ1) is 8.85. The van der Waals surface area contributed by atoms with Crippen molar-refractivity contribution in [2.75, 3.05) is 31.1 Å². The van der Waals surface area contributed by atoms with Gasteiger partial charge in [0.25, 0.3) is 0 Å². The Labute approximate surface area is 106 Å². The molecule has 0 aromatic carbocycles. The second-order valence-electron chi connectivity index (χ2n) is 4.34. The van der Waals surface area contributed by atoms with E-state index in [2.05, 4.69) is 21.6 Å². The normalized spacial score (nSPS) is 18.6. The molecule has 1 fully saturated rings. The van der Waals surface area contributed by atoms with Crippen LogP contribution in [-0.2, 0) is 0 Å². The maximum Gasteiger partial charge on any atom is 0.169 e.